The van der Waals surface area contributed by atoms with Gasteiger partial charge in [0.05, 0.1) is 5.69 Å². The van der Waals surface area contributed by atoms with Crippen molar-refractivity contribution in [1.29, 1.82) is 0 Å². The summed E-state index contributed by atoms with van der Waals surface area (Å²) >= 11 is 0. The Labute approximate surface area is 108 Å². The van der Waals surface area contributed by atoms with Crippen LogP contribution in [-0.2, 0) is 13.1 Å². The molecule has 1 aromatic carbocycles. The van der Waals surface area contributed by atoms with Crippen LogP contribution in [-0.4, -0.2) is 9.55 Å². The van der Waals surface area contributed by atoms with Crippen molar-refractivity contribution in [3.05, 3.63) is 59.9 Å². The van der Waals surface area contributed by atoms with Gasteiger partial charge in [0.25, 0.3) is 0 Å². The maximum atomic E-state index is 4.47. The lowest BCUT2D eigenvalue weighted by Gasteiger charge is -2.08. The smallest absolute Gasteiger partial charge is 0.203 e. The van der Waals surface area contributed by atoms with E-state index in [1.807, 2.05) is 19.2 Å². The second-order valence-corrected chi connectivity index (χ2v) is 4.49. The number of aromatic nitrogens is 2. The van der Waals surface area contributed by atoms with Crippen molar-refractivity contribution in [2.75, 3.05) is 5.32 Å². The second-order valence-electron chi connectivity index (χ2n) is 4.49. The van der Waals surface area contributed by atoms with E-state index in [4.69, 9.17) is 0 Å². The molecule has 0 saturated carbocycles. The molecular weight excluding hydrogens is 222 g/mol. The lowest BCUT2D eigenvalue weighted by molar-refractivity contribution is 0.819. The third kappa shape index (κ3) is 3.00. The van der Waals surface area contributed by atoms with Gasteiger partial charge in [-0.25, -0.2) is 4.98 Å². The van der Waals surface area contributed by atoms with Gasteiger partial charge in [-0.1, -0.05) is 35.9 Å². The molecule has 1 heterocycles. The molecule has 0 aliphatic rings. The highest BCUT2D eigenvalue weighted by Crippen LogP contribution is 2.11. The van der Waals surface area contributed by atoms with E-state index < -0.39 is 0 Å². The lowest BCUT2D eigenvalue weighted by atomic mass is 10.1. The lowest BCUT2D eigenvalue weighted by Crippen LogP contribution is -2.06. The summed E-state index contributed by atoms with van der Waals surface area (Å²) in [5.74, 6) is 0.897. The molecule has 1 aromatic heterocycles. The Morgan fingerprint density at radius 2 is 2.22 bits per heavy atom. The van der Waals surface area contributed by atoms with Gasteiger partial charge < -0.3 is 9.88 Å². The van der Waals surface area contributed by atoms with Crippen LogP contribution in [0.5, 0.6) is 0 Å². The number of allylic oxidation sites excluding steroid dienone is 1. The maximum absolute atomic E-state index is 4.47. The first-order chi connectivity index (χ1) is 8.69. The molecule has 0 fully saturated rings. The predicted molar refractivity (Wildman–Crippen MR) is 75.7 cm³/mol. The Kier molecular flexibility index (Phi) is 3.82. The van der Waals surface area contributed by atoms with Crippen LogP contribution in [0.25, 0.3) is 0 Å². The van der Waals surface area contributed by atoms with E-state index in [2.05, 4.69) is 52.6 Å². The molecule has 1 N–H and O–H groups in total. The third-order valence-corrected chi connectivity index (χ3v) is 2.76. The number of hydrogen-bond donors (Lipinski definition) is 1. The number of aryl methyl sites for hydroxylation is 2. The first-order valence-corrected chi connectivity index (χ1v) is 6.13. The zero-order valence-corrected chi connectivity index (χ0v) is 11.0. The highest BCUT2D eigenvalue weighted by atomic mass is 15.2. The predicted octanol–water partition coefficient (Wildman–Crippen LogP) is 3.30. The highest BCUT2D eigenvalue weighted by molar-refractivity contribution is 5.32. The Morgan fingerprint density at radius 1 is 1.39 bits per heavy atom. The van der Waals surface area contributed by atoms with Gasteiger partial charge in [0.2, 0.25) is 5.95 Å². The van der Waals surface area contributed by atoms with E-state index in [1.165, 1.54) is 11.1 Å². The molecule has 0 unspecified atom stereocenters. The van der Waals surface area contributed by atoms with Crippen LogP contribution in [0.2, 0.25) is 0 Å². The maximum Gasteiger partial charge on any atom is 0.203 e. The SMILES string of the molecule is C=CCn1cc(C)nc1NCc1cccc(C)c1. The average molecular weight is 241 g/mol. The first-order valence-electron chi connectivity index (χ1n) is 6.13. The summed E-state index contributed by atoms with van der Waals surface area (Å²) in [6.07, 6.45) is 3.90. The topological polar surface area (TPSA) is 29.9 Å². The van der Waals surface area contributed by atoms with Gasteiger partial charge >= 0.3 is 0 Å². The van der Waals surface area contributed by atoms with E-state index in [1.54, 1.807) is 0 Å². The molecule has 3 nitrogen and oxygen atoms in total. The monoisotopic (exact) mass is 241 g/mol. The first kappa shape index (κ1) is 12.4. The quantitative estimate of drug-likeness (QED) is 0.814. The summed E-state index contributed by atoms with van der Waals surface area (Å²) in [6, 6.07) is 8.48. The van der Waals surface area contributed by atoms with Gasteiger partial charge in [-0.15, -0.1) is 6.58 Å². The van der Waals surface area contributed by atoms with Crippen molar-refractivity contribution in [3.8, 4) is 0 Å². The van der Waals surface area contributed by atoms with Crippen molar-refractivity contribution < 1.29 is 0 Å². The van der Waals surface area contributed by atoms with Gasteiger partial charge in [0.1, 0.15) is 0 Å². The number of imidazole rings is 1. The summed E-state index contributed by atoms with van der Waals surface area (Å²) < 4.78 is 2.07. The van der Waals surface area contributed by atoms with Crippen molar-refractivity contribution >= 4 is 5.95 Å². The minimum atomic E-state index is 0.775. The largest absolute Gasteiger partial charge is 0.352 e. The van der Waals surface area contributed by atoms with Crippen LogP contribution >= 0.6 is 0 Å². The van der Waals surface area contributed by atoms with Crippen LogP contribution in [0.4, 0.5) is 5.95 Å². The standard InChI is InChI=1S/C15H19N3/c1-4-8-18-11-13(3)17-15(18)16-10-14-7-5-6-12(2)9-14/h4-7,9,11H,1,8,10H2,2-3H3,(H,16,17). The van der Waals surface area contributed by atoms with E-state index in [0.29, 0.717) is 0 Å². The Bertz CT molecular complexity index is 540. The zero-order chi connectivity index (χ0) is 13.0. The Morgan fingerprint density at radius 3 is 2.94 bits per heavy atom. The minimum Gasteiger partial charge on any atom is -0.352 e. The van der Waals surface area contributed by atoms with Crippen LogP contribution in [0.3, 0.4) is 0 Å². The number of hydrogen-bond acceptors (Lipinski definition) is 2. The van der Waals surface area contributed by atoms with Gasteiger partial charge in [-0.05, 0) is 19.4 Å². The van der Waals surface area contributed by atoms with Crippen LogP contribution in [0, 0.1) is 13.8 Å². The van der Waals surface area contributed by atoms with E-state index in [-0.39, 0.29) is 0 Å². The number of benzene rings is 1. The summed E-state index contributed by atoms with van der Waals surface area (Å²) in [5.41, 5.74) is 3.56. The number of nitrogens with zero attached hydrogens (tertiary/aromatic N) is 2. The molecule has 0 bridgehead atoms. The summed E-state index contributed by atoms with van der Waals surface area (Å²) in [6.45, 7) is 9.42. The molecule has 0 amide bonds. The molecule has 0 aliphatic carbocycles. The highest BCUT2D eigenvalue weighted by Gasteiger charge is 2.03. The molecule has 0 radical (unpaired) electrons. The number of nitrogens with one attached hydrogen (secondary N) is 1. The van der Waals surface area contributed by atoms with Gasteiger partial charge in [-0.3, -0.25) is 0 Å². The van der Waals surface area contributed by atoms with Gasteiger partial charge in [0, 0.05) is 19.3 Å². The Hall–Kier alpha value is -2.03. The van der Waals surface area contributed by atoms with Crippen LogP contribution in [0.1, 0.15) is 16.8 Å². The Balaban J connectivity index is 2.07. The molecule has 2 rings (SSSR count). The third-order valence-electron chi connectivity index (χ3n) is 2.76. The molecule has 94 valence electrons. The summed E-state index contributed by atoms with van der Waals surface area (Å²) in [4.78, 5) is 4.47. The van der Waals surface area contributed by atoms with Crippen molar-refractivity contribution in [3.63, 3.8) is 0 Å². The molecule has 18 heavy (non-hydrogen) atoms. The molecular formula is C15H19N3. The normalized spacial score (nSPS) is 10.3. The fourth-order valence-corrected chi connectivity index (χ4v) is 1.97. The van der Waals surface area contributed by atoms with E-state index in [9.17, 15) is 0 Å². The van der Waals surface area contributed by atoms with Gasteiger partial charge in [0.15, 0.2) is 0 Å². The molecule has 0 aliphatic heterocycles. The molecule has 0 spiro atoms. The number of rotatable bonds is 5. The van der Waals surface area contributed by atoms with Crippen molar-refractivity contribution in [1.82, 2.24) is 9.55 Å². The summed E-state index contributed by atoms with van der Waals surface area (Å²) in [7, 11) is 0. The van der Waals surface area contributed by atoms with Crippen molar-refractivity contribution in [2.24, 2.45) is 0 Å². The van der Waals surface area contributed by atoms with E-state index in [0.717, 1.165) is 24.7 Å². The van der Waals surface area contributed by atoms with E-state index >= 15 is 0 Å². The fourth-order valence-electron chi connectivity index (χ4n) is 1.97. The van der Waals surface area contributed by atoms with Gasteiger partial charge in [-0.2, -0.15) is 0 Å². The second kappa shape index (κ2) is 5.54. The molecule has 0 saturated heterocycles. The minimum absolute atomic E-state index is 0.775. The van der Waals surface area contributed by atoms with Crippen molar-refractivity contribution in [2.45, 2.75) is 26.9 Å². The zero-order valence-electron chi connectivity index (χ0n) is 11.0. The van der Waals surface area contributed by atoms with Crippen LogP contribution in [0.15, 0.2) is 43.1 Å². The average Bonchev–Trinajstić information content (AvgIpc) is 2.68. The summed E-state index contributed by atoms with van der Waals surface area (Å²) in [5, 5.41) is 3.37. The van der Waals surface area contributed by atoms with Crippen LogP contribution < -0.4 is 5.32 Å². The molecule has 2 aromatic rings. The number of anilines is 1. The molecule has 3 heteroatoms. The fraction of sp³-hybridized carbons (Fsp3) is 0.267. The molecule has 0 atom stereocenters.